The van der Waals surface area contributed by atoms with E-state index in [4.69, 9.17) is 15.0 Å². The molecule has 0 aliphatic rings. The normalized spacial score (nSPS) is 12.8. The summed E-state index contributed by atoms with van der Waals surface area (Å²) in [4.78, 5) is 14.5. The van der Waals surface area contributed by atoms with Crippen molar-refractivity contribution in [1.29, 1.82) is 0 Å². The van der Waals surface area contributed by atoms with Gasteiger partial charge in [0.25, 0.3) is 0 Å². The van der Waals surface area contributed by atoms with Crippen molar-refractivity contribution in [3.63, 3.8) is 0 Å². The lowest BCUT2D eigenvalue weighted by molar-refractivity contribution is 0.497. The molecule has 4 aromatic rings. The zero-order valence-corrected chi connectivity index (χ0v) is 17.6. The van der Waals surface area contributed by atoms with Gasteiger partial charge in [0.15, 0.2) is 5.82 Å². The highest BCUT2D eigenvalue weighted by molar-refractivity contribution is 7.25. The first kappa shape index (κ1) is 18.1. The predicted molar refractivity (Wildman–Crippen MR) is 116 cm³/mol. The quantitative estimate of drug-likeness (QED) is 0.381. The zero-order valence-electron chi connectivity index (χ0n) is 16.8. The molecule has 0 bridgehead atoms. The summed E-state index contributed by atoms with van der Waals surface area (Å²) < 4.78 is 2.60. The van der Waals surface area contributed by atoms with Gasteiger partial charge in [0.1, 0.15) is 11.6 Å². The Labute approximate surface area is 164 Å². The van der Waals surface area contributed by atoms with E-state index in [1.807, 2.05) is 11.3 Å². The average molecular weight is 376 g/mol. The topological polar surface area (TPSA) is 38.7 Å². The molecule has 27 heavy (non-hydrogen) atoms. The fraction of sp³-hybridized carbons (Fsp3) is 0.348. The number of fused-ring (bicyclic) bond motifs is 3. The molecule has 4 heteroatoms. The van der Waals surface area contributed by atoms with Crippen LogP contribution in [0, 0.1) is 0 Å². The molecule has 0 saturated carbocycles. The third-order valence-corrected chi connectivity index (χ3v) is 5.76. The summed E-state index contributed by atoms with van der Waals surface area (Å²) in [5, 5.41) is 2.56. The van der Waals surface area contributed by atoms with Crippen LogP contribution < -0.4 is 0 Å². The first-order chi connectivity index (χ1) is 12.6. The van der Waals surface area contributed by atoms with Crippen LogP contribution in [-0.2, 0) is 10.8 Å². The Bertz CT molecular complexity index is 1110. The van der Waals surface area contributed by atoms with Crippen molar-refractivity contribution in [2.75, 3.05) is 0 Å². The van der Waals surface area contributed by atoms with Gasteiger partial charge >= 0.3 is 0 Å². The number of thiophene rings is 1. The van der Waals surface area contributed by atoms with Crippen LogP contribution in [0.2, 0.25) is 0 Å². The number of rotatable bonds is 1. The number of hydrogen-bond donors (Lipinski definition) is 0. The van der Waals surface area contributed by atoms with Crippen LogP contribution in [0.5, 0.6) is 0 Å². The van der Waals surface area contributed by atoms with Gasteiger partial charge in [-0.2, -0.15) is 0 Å². The Morgan fingerprint density at radius 3 is 1.89 bits per heavy atom. The maximum atomic E-state index is 4.84. The Morgan fingerprint density at radius 2 is 1.26 bits per heavy atom. The predicted octanol–water partition coefficient (Wildman–Crippen LogP) is 6.50. The summed E-state index contributed by atoms with van der Waals surface area (Å²) >= 11 is 1.83. The maximum Gasteiger partial charge on any atom is 0.163 e. The number of hydrogen-bond acceptors (Lipinski definition) is 4. The smallest absolute Gasteiger partial charge is 0.163 e. The molecule has 0 aliphatic heterocycles. The minimum atomic E-state index is -0.128. The summed E-state index contributed by atoms with van der Waals surface area (Å²) in [5.74, 6) is 2.44. The average Bonchev–Trinajstić information content (AvgIpc) is 2.97. The fourth-order valence-corrected chi connectivity index (χ4v) is 4.13. The van der Waals surface area contributed by atoms with Crippen molar-refractivity contribution >= 4 is 31.5 Å². The van der Waals surface area contributed by atoms with Gasteiger partial charge in [-0.05, 0) is 24.3 Å². The van der Waals surface area contributed by atoms with Gasteiger partial charge in [-0.1, -0.05) is 59.7 Å². The van der Waals surface area contributed by atoms with E-state index in [9.17, 15) is 0 Å². The van der Waals surface area contributed by atoms with Gasteiger partial charge in [0, 0.05) is 36.6 Å². The monoisotopic (exact) mass is 375 g/mol. The summed E-state index contributed by atoms with van der Waals surface area (Å²) in [7, 11) is 0. The van der Waals surface area contributed by atoms with E-state index in [0.29, 0.717) is 0 Å². The maximum absolute atomic E-state index is 4.84. The van der Waals surface area contributed by atoms with Gasteiger partial charge in [0.2, 0.25) is 0 Å². The highest BCUT2D eigenvalue weighted by atomic mass is 32.1. The van der Waals surface area contributed by atoms with E-state index in [2.05, 4.69) is 84.0 Å². The molecule has 0 radical (unpaired) electrons. The van der Waals surface area contributed by atoms with E-state index < -0.39 is 0 Å². The third-order valence-electron chi connectivity index (χ3n) is 4.61. The highest BCUT2D eigenvalue weighted by Crippen LogP contribution is 2.36. The van der Waals surface area contributed by atoms with Gasteiger partial charge in [0.05, 0.1) is 0 Å². The van der Waals surface area contributed by atoms with Crippen LogP contribution in [0.3, 0.4) is 0 Å². The molecule has 2 aromatic carbocycles. The molecular weight excluding hydrogens is 350 g/mol. The fourth-order valence-electron chi connectivity index (χ4n) is 3.04. The van der Waals surface area contributed by atoms with Gasteiger partial charge in [-0.3, -0.25) is 0 Å². The van der Waals surface area contributed by atoms with Gasteiger partial charge < -0.3 is 0 Å². The highest BCUT2D eigenvalue weighted by Gasteiger charge is 2.25. The lowest BCUT2D eigenvalue weighted by Crippen LogP contribution is -2.24. The lowest BCUT2D eigenvalue weighted by atomic mass is 9.93. The molecule has 4 rings (SSSR count). The molecule has 138 valence electrons. The molecule has 0 N–H and O–H groups in total. The third kappa shape index (κ3) is 3.34. The zero-order chi connectivity index (χ0) is 19.4. The molecule has 0 amide bonds. The number of benzene rings is 2. The second-order valence-electron chi connectivity index (χ2n) is 9.12. The molecule has 0 atom stereocenters. The summed E-state index contributed by atoms with van der Waals surface area (Å²) in [6.07, 6.45) is 0. The molecular formula is C23H25N3S. The number of aromatic nitrogens is 3. The van der Waals surface area contributed by atoms with Crippen LogP contribution in [0.15, 0.2) is 42.5 Å². The molecule has 2 heterocycles. The minimum absolute atomic E-state index is 0.128. The minimum Gasteiger partial charge on any atom is -0.217 e. The molecule has 3 nitrogen and oxygen atoms in total. The van der Waals surface area contributed by atoms with Crippen LogP contribution in [0.25, 0.3) is 31.6 Å². The molecule has 0 saturated heterocycles. The SMILES string of the molecule is CC(C)(C)c1nc(-c2ccc3sc4ccccc4c3c2)nc(C(C)(C)C)n1. The summed E-state index contributed by atoms with van der Waals surface area (Å²) in [6, 6.07) is 15.1. The second kappa shape index (κ2) is 6.10. The Kier molecular flexibility index (Phi) is 4.08. The van der Waals surface area contributed by atoms with Crippen molar-refractivity contribution in [3.05, 3.63) is 54.1 Å². The largest absolute Gasteiger partial charge is 0.217 e. The lowest BCUT2D eigenvalue weighted by Gasteiger charge is -2.22. The molecule has 0 aliphatic carbocycles. The van der Waals surface area contributed by atoms with Crippen LogP contribution in [0.1, 0.15) is 53.2 Å². The van der Waals surface area contributed by atoms with E-state index in [0.717, 1.165) is 23.0 Å². The molecule has 0 unspecified atom stereocenters. The Balaban J connectivity index is 1.95. The van der Waals surface area contributed by atoms with Gasteiger partial charge in [-0.25, -0.2) is 15.0 Å². The Morgan fingerprint density at radius 1 is 0.667 bits per heavy atom. The van der Waals surface area contributed by atoms with E-state index in [1.165, 1.54) is 20.2 Å². The van der Waals surface area contributed by atoms with Gasteiger partial charge in [-0.15, -0.1) is 11.3 Å². The van der Waals surface area contributed by atoms with Crippen molar-refractivity contribution in [2.45, 2.75) is 52.4 Å². The summed E-state index contributed by atoms with van der Waals surface area (Å²) in [6.45, 7) is 12.9. The van der Waals surface area contributed by atoms with Crippen molar-refractivity contribution in [1.82, 2.24) is 15.0 Å². The standard InChI is InChI=1S/C23H25N3S/c1-22(2,3)20-24-19(25-21(26-20)23(4,5)6)14-11-12-18-16(13-14)15-9-7-8-10-17(15)27-18/h7-13H,1-6H3. The van der Waals surface area contributed by atoms with E-state index in [1.54, 1.807) is 0 Å². The van der Waals surface area contributed by atoms with E-state index >= 15 is 0 Å². The number of nitrogens with zero attached hydrogens (tertiary/aromatic N) is 3. The van der Waals surface area contributed by atoms with Crippen molar-refractivity contribution in [2.24, 2.45) is 0 Å². The summed E-state index contributed by atoms with van der Waals surface area (Å²) in [5.41, 5.74) is 0.790. The Hall–Kier alpha value is -2.33. The molecule has 0 fully saturated rings. The van der Waals surface area contributed by atoms with Crippen molar-refractivity contribution in [3.8, 4) is 11.4 Å². The van der Waals surface area contributed by atoms with Crippen LogP contribution in [0.4, 0.5) is 0 Å². The second-order valence-corrected chi connectivity index (χ2v) is 10.2. The first-order valence-electron chi connectivity index (χ1n) is 9.32. The molecule has 2 aromatic heterocycles. The van der Waals surface area contributed by atoms with Crippen LogP contribution >= 0.6 is 11.3 Å². The molecule has 0 spiro atoms. The first-order valence-corrected chi connectivity index (χ1v) is 10.1. The van der Waals surface area contributed by atoms with Crippen molar-refractivity contribution < 1.29 is 0 Å². The van der Waals surface area contributed by atoms with E-state index in [-0.39, 0.29) is 10.8 Å². The van der Waals surface area contributed by atoms with Crippen LogP contribution in [-0.4, -0.2) is 15.0 Å².